The Morgan fingerprint density at radius 1 is 1.36 bits per heavy atom. The number of hydrogen-bond acceptors (Lipinski definition) is 6. The smallest absolute Gasteiger partial charge is 0.316 e. The maximum Gasteiger partial charge on any atom is 0.316 e. The van der Waals surface area contributed by atoms with Crippen LogP contribution in [-0.2, 0) is 10.0 Å². The summed E-state index contributed by atoms with van der Waals surface area (Å²) in [4.78, 5) is 7.47. The highest BCUT2D eigenvalue weighted by Gasteiger charge is 2.32. The molecule has 2 aromatic rings. The second-order valence-electron chi connectivity index (χ2n) is 4.86. The standard InChI is InChI=1S/C13H14FN3O3S2/c14-10-7-15-13(16-8-10)20-11-3-1-5-17(9-11)22(18,19)12-4-2-6-21-12/h2,4,6-8,11H,1,3,5,9H2. The molecule has 1 unspecified atom stereocenters. The highest BCUT2D eigenvalue weighted by molar-refractivity contribution is 7.91. The Hall–Kier alpha value is -1.58. The van der Waals surface area contributed by atoms with Gasteiger partial charge >= 0.3 is 6.01 Å². The van der Waals surface area contributed by atoms with Crippen LogP contribution in [0.5, 0.6) is 6.01 Å². The van der Waals surface area contributed by atoms with Gasteiger partial charge in [-0.1, -0.05) is 6.07 Å². The number of rotatable bonds is 4. The first-order valence-electron chi connectivity index (χ1n) is 6.73. The molecule has 0 radical (unpaired) electrons. The first-order valence-corrected chi connectivity index (χ1v) is 9.05. The summed E-state index contributed by atoms with van der Waals surface area (Å²) in [5, 5.41) is 1.73. The van der Waals surface area contributed by atoms with Gasteiger partial charge in [-0.25, -0.2) is 22.8 Å². The predicted octanol–water partition coefficient (Wildman–Crippen LogP) is 1.91. The van der Waals surface area contributed by atoms with Crippen LogP contribution < -0.4 is 4.74 Å². The van der Waals surface area contributed by atoms with Crippen molar-refractivity contribution >= 4 is 21.4 Å². The average Bonchev–Trinajstić information content (AvgIpc) is 3.05. The summed E-state index contributed by atoms with van der Waals surface area (Å²) < 4.78 is 45.1. The lowest BCUT2D eigenvalue weighted by Crippen LogP contribution is -2.44. The summed E-state index contributed by atoms with van der Waals surface area (Å²) in [5.41, 5.74) is 0. The Morgan fingerprint density at radius 2 is 2.14 bits per heavy atom. The molecule has 0 spiro atoms. The minimum atomic E-state index is -3.48. The van der Waals surface area contributed by atoms with E-state index in [-0.39, 0.29) is 18.7 Å². The molecule has 0 aromatic carbocycles. The molecule has 6 nitrogen and oxygen atoms in total. The second-order valence-corrected chi connectivity index (χ2v) is 7.97. The van der Waals surface area contributed by atoms with Crippen LogP contribution in [-0.4, -0.2) is 41.9 Å². The van der Waals surface area contributed by atoms with Gasteiger partial charge in [-0.05, 0) is 24.3 Å². The van der Waals surface area contributed by atoms with Crippen LogP contribution in [0.4, 0.5) is 4.39 Å². The largest absolute Gasteiger partial charge is 0.459 e. The molecule has 1 atom stereocenters. The molecule has 9 heteroatoms. The Kier molecular flexibility index (Phi) is 4.37. The van der Waals surface area contributed by atoms with Crippen molar-refractivity contribution in [3.63, 3.8) is 0 Å². The van der Waals surface area contributed by atoms with Crippen LogP contribution in [0.2, 0.25) is 0 Å². The first kappa shape index (κ1) is 15.3. The highest BCUT2D eigenvalue weighted by Crippen LogP contribution is 2.25. The summed E-state index contributed by atoms with van der Waals surface area (Å²) in [6, 6.07) is 3.36. The number of ether oxygens (including phenoxy) is 1. The molecule has 118 valence electrons. The molecule has 1 aliphatic rings. The number of piperidine rings is 1. The molecule has 3 heterocycles. The maximum absolute atomic E-state index is 12.8. The van der Waals surface area contributed by atoms with Crippen LogP contribution in [0.25, 0.3) is 0 Å². The topological polar surface area (TPSA) is 72.4 Å². The van der Waals surface area contributed by atoms with E-state index in [4.69, 9.17) is 4.74 Å². The third kappa shape index (κ3) is 3.26. The average molecular weight is 343 g/mol. The van der Waals surface area contributed by atoms with E-state index < -0.39 is 15.8 Å². The SMILES string of the molecule is O=S(=O)(c1cccs1)N1CCCC(Oc2ncc(F)cn2)C1. The number of sulfonamides is 1. The van der Waals surface area contributed by atoms with Gasteiger partial charge < -0.3 is 4.74 Å². The van der Waals surface area contributed by atoms with E-state index in [1.807, 2.05) is 0 Å². The van der Waals surface area contributed by atoms with Crippen molar-refractivity contribution in [3.05, 3.63) is 35.7 Å². The molecule has 1 fully saturated rings. The lowest BCUT2D eigenvalue weighted by atomic mass is 10.1. The van der Waals surface area contributed by atoms with Crippen LogP contribution >= 0.6 is 11.3 Å². The normalized spacial score (nSPS) is 20.0. The predicted molar refractivity (Wildman–Crippen MR) is 78.7 cm³/mol. The van der Waals surface area contributed by atoms with Crippen molar-refractivity contribution < 1.29 is 17.5 Å². The number of hydrogen-bond donors (Lipinski definition) is 0. The van der Waals surface area contributed by atoms with E-state index in [2.05, 4.69) is 9.97 Å². The summed E-state index contributed by atoms with van der Waals surface area (Å²) in [6.07, 6.45) is 3.10. The molecule has 1 saturated heterocycles. The van der Waals surface area contributed by atoms with E-state index in [0.717, 1.165) is 12.4 Å². The molecule has 0 saturated carbocycles. The molecule has 3 rings (SSSR count). The summed E-state index contributed by atoms with van der Waals surface area (Å²) >= 11 is 1.19. The fourth-order valence-electron chi connectivity index (χ4n) is 2.27. The van der Waals surface area contributed by atoms with Gasteiger partial charge in [0.1, 0.15) is 10.3 Å². The number of aromatic nitrogens is 2. The molecule has 0 N–H and O–H groups in total. The van der Waals surface area contributed by atoms with E-state index >= 15 is 0 Å². The molecule has 22 heavy (non-hydrogen) atoms. The van der Waals surface area contributed by atoms with Crippen molar-refractivity contribution in [1.82, 2.24) is 14.3 Å². The van der Waals surface area contributed by atoms with Gasteiger partial charge in [0.05, 0.1) is 18.9 Å². The zero-order valence-electron chi connectivity index (χ0n) is 11.6. The fourth-order valence-corrected chi connectivity index (χ4v) is 4.92. The van der Waals surface area contributed by atoms with Crippen molar-refractivity contribution in [2.24, 2.45) is 0 Å². The van der Waals surface area contributed by atoms with Crippen molar-refractivity contribution in [1.29, 1.82) is 0 Å². The molecule has 1 aliphatic heterocycles. The third-order valence-electron chi connectivity index (χ3n) is 3.30. The number of thiophene rings is 1. The number of nitrogens with zero attached hydrogens (tertiary/aromatic N) is 3. The van der Waals surface area contributed by atoms with Gasteiger partial charge in [0.15, 0.2) is 5.82 Å². The van der Waals surface area contributed by atoms with E-state index in [1.165, 1.54) is 15.6 Å². The van der Waals surface area contributed by atoms with Gasteiger partial charge in [0, 0.05) is 6.54 Å². The molecule has 2 aromatic heterocycles. The van der Waals surface area contributed by atoms with Gasteiger partial charge in [0.25, 0.3) is 10.0 Å². The molecule has 0 aliphatic carbocycles. The Labute approximate surface area is 131 Å². The fraction of sp³-hybridized carbons (Fsp3) is 0.385. The Morgan fingerprint density at radius 3 is 2.82 bits per heavy atom. The van der Waals surface area contributed by atoms with Gasteiger partial charge in [0.2, 0.25) is 0 Å². The molecule has 0 amide bonds. The van der Waals surface area contributed by atoms with Crippen LogP contribution in [0.3, 0.4) is 0 Å². The minimum absolute atomic E-state index is 0.0572. The van der Waals surface area contributed by atoms with E-state index in [1.54, 1.807) is 17.5 Å². The minimum Gasteiger partial charge on any atom is -0.459 e. The zero-order valence-corrected chi connectivity index (χ0v) is 13.2. The van der Waals surface area contributed by atoms with Crippen LogP contribution in [0.15, 0.2) is 34.1 Å². The second kappa shape index (κ2) is 6.27. The van der Waals surface area contributed by atoms with Crippen molar-refractivity contribution in [2.45, 2.75) is 23.2 Å². The Balaban J connectivity index is 1.70. The summed E-state index contributed by atoms with van der Waals surface area (Å²) in [5.74, 6) is -0.544. The monoisotopic (exact) mass is 343 g/mol. The number of halogens is 1. The lowest BCUT2D eigenvalue weighted by molar-refractivity contribution is 0.119. The Bertz CT molecular complexity index is 719. The third-order valence-corrected chi connectivity index (χ3v) is 6.54. The van der Waals surface area contributed by atoms with Gasteiger partial charge in [-0.2, -0.15) is 4.31 Å². The maximum atomic E-state index is 12.8. The quantitative estimate of drug-likeness (QED) is 0.848. The summed E-state index contributed by atoms with van der Waals surface area (Å²) in [6.45, 7) is 0.700. The molecule has 0 bridgehead atoms. The summed E-state index contributed by atoms with van der Waals surface area (Å²) in [7, 11) is -3.48. The van der Waals surface area contributed by atoms with E-state index in [9.17, 15) is 12.8 Å². The van der Waals surface area contributed by atoms with Crippen LogP contribution in [0.1, 0.15) is 12.8 Å². The van der Waals surface area contributed by atoms with Gasteiger partial charge in [-0.3, -0.25) is 0 Å². The van der Waals surface area contributed by atoms with Crippen LogP contribution in [0, 0.1) is 5.82 Å². The lowest BCUT2D eigenvalue weighted by Gasteiger charge is -2.31. The molecular formula is C13H14FN3O3S2. The first-order chi connectivity index (χ1) is 10.6. The zero-order chi connectivity index (χ0) is 15.6. The molecular weight excluding hydrogens is 329 g/mol. The highest BCUT2D eigenvalue weighted by atomic mass is 32.2. The van der Waals surface area contributed by atoms with Crippen molar-refractivity contribution in [2.75, 3.05) is 13.1 Å². The van der Waals surface area contributed by atoms with Gasteiger partial charge in [-0.15, -0.1) is 11.3 Å². The van der Waals surface area contributed by atoms with Crippen molar-refractivity contribution in [3.8, 4) is 6.01 Å². The van der Waals surface area contributed by atoms with E-state index in [0.29, 0.717) is 23.6 Å².